The highest BCUT2D eigenvalue weighted by Crippen LogP contribution is 2.36. The Labute approximate surface area is 120 Å². The first-order valence-corrected chi connectivity index (χ1v) is 7.52. The monoisotopic (exact) mass is 282 g/mol. The number of fused-ring (bicyclic) bond motifs is 2. The van der Waals surface area contributed by atoms with Crippen molar-refractivity contribution in [3.63, 3.8) is 0 Å². The van der Waals surface area contributed by atoms with Crippen LogP contribution in [0.15, 0.2) is 36.0 Å². The van der Waals surface area contributed by atoms with E-state index in [1.807, 2.05) is 17.5 Å². The fraction of sp³-hybridized carbons (Fsp3) is 0.200. The van der Waals surface area contributed by atoms with Crippen LogP contribution in [0, 0.1) is 0 Å². The van der Waals surface area contributed by atoms with Gasteiger partial charge in [-0.1, -0.05) is 6.07 Å². The van der Waals surface area contributed by atoms with Gasteiger partial charge in [-0.25, -0.2) is 9.97 Å². The summed E-state index contributed by atoms with van der Waals surface area (Å²) in [5.74, 6) is 0.930. The fourth-order valence-corrected chi connectivity index (χ4v) is 3.64. The minimum absolute atomic E-state index is 0.311. The number of anilines is 2. The summed E-state index contributed by atoms with van der Waals surface area (Å²) in [6, 6.07) is 8.51. The van der Waals surface area contributed by atoms with Crippen molar-refractivity contribution in [1.82, 2.24) is 9.97 Å². The van der Waals surface area contributed by atoms with Crippen molar-refractivity contribution < 1.29 is 0 Å². The predicted octanol–water partition coefficient (Wildman–Crippen LogP) is 3.37. The van der Waals surface area contributed by atoms with Crippen LogP contribution in [0.3, 0.4) is 0 Å². The second-order valence-electron chi connectivity index (χ2n) is 5.05. The Bertz CT molecular complexity index is 780. The molecule has 3 N–H and O–H groups in total. The summed E-state index contributed by atoms with van der Waals surface area (Å²) in [6.07, 6.45) is 3.77. The molecule has 100 valence electrons. The molecule has 20 heavy (non-hydrogen) atoms. The molecule has 1 unspecified atom stereocenters. The maximum absolute atomic E-state index is 5.85. The Morgan fingerprint density at radius 2 is 2.20 bits per heavy atom. The molecule has 2 heterocycles. The maximum atomic E-state index is 5.85. The molecule has 0 saturated carbocycles. The first kappa shape index (κ1) is 11.7. The Kier molecular flexibility index (Phi) is 2.60. The number of hydrogen-bond donors (Lipinski definition) is 2. The third-order valence-electron chi connectivity index (χ3n) is 3.80. The van der Waals surface area contributed by atoms with Crippen LogP contribution in [-0.4, -0.2) is 9.97 Å². The van der Waals surface area contributed by atoms with Crippen LogP contribution in [-0.2, 0) is 6.42 Å². The first-order chi connectivity index (χ1) is 9.81. The van der Waals surface area contributed by atoms with Gasteiger partial charge in [-0.05, 0) is 47.5 Å². The van der Waals surface area contributed by atoms with Crippen molar-refractivity contribution in [2.24, 2.45) is 0 Å². The number of nitrogen functional groups attached to an aromatic ring is 1. The van der Waals surface area contributed by atoms with Gasteiger partial charge in [-0.3, -0.25) is 0 Å². The lowest BCUT2D eigenvalue weighted by molar-refractivity contribution is 0.758. The molecule has 0 spiro atoms. The second-order valence-corrected chi connectivity index (χ2v) is 5.97. The number of nitrogens with two attached hydrogens (primary N) is 1. The van der Waals surface area contributed by atoms with Crippen LogP contribution in [0.4, 0.5) is 11.5 Å². The smallest absolute Gasteiger partial charge is 0.147 e. The van der Waals surface area contributed by atoms with E-state index in [2.05, 4.69) is 27.4 Å². The molecule has 0 amide bonds. The molecule has 0 fully saturated rings. The molecule has 1 aromatic carbocycles. The summed E-state index contributed by atoms with van der Waals surface area (Å²) in [6.45, 7) is 0. The molecule has 4 nitrogen and oxygen atoms in total. The quantitative estimate of drug-likeness (QED) is 0.707. The van der Waals surface area contributed by atoms with Gasteiger partial charge >= 0.3 is 0 Å². The van der Waals surface area contributed by atoms with Crippen LogP contribution in [0.25, 0.3) is 10.2 Å². The molecule has 1 aliphatic rings. The molecule has 4 rings (SSSR count). The highest BCUT2D eigenvalue weighted by molar-refractivity contribution is 7.17. The summed E-state index contributed by atoms with van der Waals surface area (Å²) in [7, 11) is 0. The van der Waals surface area contributed by atoms with E-state index in [1.165, 1.54) is 11.1 Å². The number of nitrogens with zero attached hydrogens (tertiary/aromatic N) is 2. The lowest BCUT2D eigenvalue weighted by atomic mass is 10.1. The summed E-state index contributed by atoms with van der Waals surface area (Å²) in [5, 5.41) is 5.61. The van der Waals surface area contributed by atoms with E-state index < -0.39 is 0 Å². The molecule has 5 heteroatoms. The largest absolute Gasteiger partial charge is 0.399 e. The number of thiophene rings is 1. The van der Waals surface area contributed by atoms with Gasteiger partial charge in [0.25, 0.3) is 0 Å². The van der Waals surface area contributed by atoms with Gasteiger partial charge in [0, 0.05) is 5.69 Å². The molecule has 0 aliphatic heterocycles. The van der Waals surface area contributed by atoms with Crippen LogP contribution >= 0.6 is 11.3 Å². The van der Waals surface area contributed by atoms with Gasteiger partial charge < -0.3 is 11.1 Å². The lowest BCUT2D eigenvalue weighted by Gasteiger charge is -2.15. The van der Waals surface area contributed by atoms with E-state index in [9.17, 15) is 0 Å². The number of aryl methyl sites for hydroxylation is 1. The highest BCUT2D eigenvalue weighted by Gasteiger charge is 2.23. The van der Waals surface area contributed by atoms with Crippen LogP contribution in [0.1, 0.15) is 23.6 Å². The van der Waals surface area contributed by atoms with E-state index in [4.69, 9.17) is 5.73 Å². The first-order valence-electron chi connectivity index (χ1n) is 6.64. The number of aromatic nitrogens is 2. The zero-order valence-electron chi connectivity index (χ0n) is 10.8. The lowest BCUT2D eigenvalue weighted by Crippen LogP contribution is -2.08. The summed E-state index contributed by atoms with van der Waals surface area (Å²) >= 11 is 1.67. The molecule has 0 saturated heterocycles. The van der Waals surface area contributed by atoms with Gasteiger partial charge in [-0.2, -0.15) is 0 Å². The molecular formula is C15H14N4S. The van der Waals surface area contributed by atoms with E-state index in [-0.39, 0.29) is 0 Å². The van der Waals surface area contributed by atoms with Crippen LogP contribution in [0.2, 0.25) is 0 Å². The summed E-state index contributed by atoms with van der Waals surface area (Å²) < 4.78 is 1.12. The van der Waals surface area contributed by atoms with Crippen molar-refractivity contribution in [2.75, 3.05) is 11.1 Å². The van der Waals surface area contributed by atoms with Crippen molar-refractivity contribution >= 4 is 33.1 Å². The minimum Gasteiger partial charge on any atom is -0.399 e. The molecular weight excluding hydrogens is 268 g/mol. The molecule has 0 radical (unpaired) electrons. The maximum Gasteiger partial charge on any atom is 0.147 e. The van der Waals surface area contributed by atoms with Gasteiger partial charge in [0.2, 0.25) is 0 Å². The summed E-state index contributed by atoms with van der Waals surface area (Å²) in [4.78, 5) is 8.67. The Morgan fingerprint density at radius 3 is 3.15 bits per heavy atom. The van der Waals surface area contributed by atoms with Crippen LogP contribution < -0.4 is 11.1 Å². The predicted molar refractivity (Wildman–Crippen MR) is 83.0 cm³/mol. The van der Waals surface area contributed by atoms with Crippen molar-refractivity contribution in [1.29, 1.82) is 0 Å². The SMILES string of the molecule is Nc1ccc2c(c1)CCC2Nc1ncnc2ccsc12. The van der Waals surface area contributed by atoms with Crippen molar-refractivity contribution in [2.45, 2.75) is 18.9 Å². The Morgan fingerprint density at radius 1 is 1.25 bits per heavy atom. The molecule has 2 aromatic heterocycles. The van der Waals surface area contributed by atoms with Crippen LogP contribution in [0.5, 0.6) is 0 Å². The molecule has 1 aliphatic carbocycles. The van der Waals surface area contributed by atoms with Crippen molar-refractivity contribution in [3.05, 3.63) is 47.1 Å². The van der Waals surface area contributed by atoms with E-state index in [1.54, 1.807) is 17.7 Å². The van der Waals surface area contributed by atoms with Gasteiger partial charge in [-0.15, -0.1) is 11.3 Å². The molecule has 0 bridgehead atoms. The minimum atomic E-state index is 0.311. The average Bonchev–Trinajstić information content (AvgIpc) is 3.06. The fourth-order valence-electron chi connectivity index (χ4n) is 2.84. The van der Waals surface area contributed by atoms with E-state index >= 15 is 0 Å². The summed E-state index contributed by atoms with van der Waals surface area (Å²) in [5.41, 5.74) is 10.4. The average molecular weight is 282 g/mol. The third kappa shape index (κ3) is 1.82. The van der Waals surface area contributed by atoms with Gasteiger partial charge in [0.05, 0.1) is 16.3 Å². The molecule has 3 aromatic rings. The topological polar surface area (TPSA) is 63.8 Å². The second kappa shape index (κ2) is 4.45. The zero-order chi connectivity index (χ0) is 13.5. The third-order valence-corrected chi connectivity index (χ3v) is 4.71. The van der Waals surface area contributed by atoms with Gasteiger partial charge in [0.1, 0.15) is 12.1 Å². The Balaban J connectivity index is 1.70. The number of hydrogen-bond acceptors (Lipinski definition) is 5. The van der Waals surface area contributed by atoms with Gasteiger partial charge in [0.15, 0.2) is 0 Å². The molecule has 1 atom stereocenters. The standard InChI is InChI=1S/C15H14N4S/c16-10-2-3-11-9(7-10)1-4-12(11)19-15-14-13(5-6-20-14)17-8-18-15/h2-3,5-8,12H,1,4,16H2,(H,17,18,19). The zero-order valence-corrected chi connectivity index (χ0v) is 11.7. The van der Waals surface area contributed by atoms with Crippen molar-refractivity contribution in [3.8, 4) is 0 Å². The number of rotatable bonds is 2. The Hall–Kier alpha value is -2.14. The highest BCUT2D eigenvalue weighted by atomic mass is 32.1. The van der Waals surface area contributed by atoms with E-state index in [0.29, 0.717) is 6.04 Å². The normalized spacial score (nSPS) is 17.3. The number of benzene rings is 1. The number of nitrogens with one attached hydrogen (secondary N) is 1. The van der Waals surface area contributed by atoms with E-state index in [0.717, 1.165) is 34.6 Å².